The van der Waals surface area contributed by atoms with Gasteiger partial charge >= 0.3 is 17.9 Å². The molecule has 0 saturated heterocycles. The van der Waals surface area contributed by atoms with Gasteiger partial charge in [0.1, 0.15) is 13.2 Å². The molecule has 0 bridgehead atoms. The van der Waals surface area contributed by atoms with E-state index in [1.807, 2.05) is 21.1 Å². The van der Waals surface area contributed by atoms with Gasteiger partial charge in [-0.3, -0.25) is 9.59 Å². The Morgan fingerprint density at radius 1 is 0.380 bits per heavy atom. The Balaban J connectivity index is 4.08. The van der Waals surface area contributed by atoms with E-state index in [1.165, 1.54) is 276 Å². The van der Waals surface area contributed by atoms with E-state index in [1.54, 1.807) is 0 Å². The lowest BCUT2D eigenvalue weighted by molar-refractivity contribution is -0.870. The number of allylic oxidation sites excluding steroid dienone is 4. The summed E-state index contributed by atoms with van der Waals surface area (Å²) in [7, 11) is 5.99. The smallest absolute Gasteiger partial charge is 0.361 e. The van der Waals surface area contributed by atoms with Crippen molar-refractivity contribution in [3.05, 3.63) is 24.3 Å². The Hall–Kier alpha value is -2.23. The molecule has 0 fully saturated rings. The molecule has 0 rings (SSSR count). The zero-order valence-electron chi connectivity index (χ0n) is 53.3. The van der Waals surface area contributed by atoms with Crippen molar-refractivity contribution < 1.29 is 42.9 Å². The summed E-state index contributed by atoms with van der Waals surface area (Å²) in [6.45, 7) is 4.94. The van der Waals surface area contributed by atoms with Crippen LogP contribution in [0.3, 0.4) is 0 Å². The second-order valence-electron chi connectivity index (χ2n) is 24.8. The van der Waals surface area contributed by atoms with E-state index in [9.17, 15) is 19.5 Å². The molecule has 9 nitrogen and oxygen atoms in total. The van der Waals surface area contributed by atoms with Gasteiger partial charge in [0.05, 0.1) is 34.4 Å². The van der Waals surface area contributed by atoms with Gasteiger partial charge in [0.2, 0.25) is 0 Å². The van der Waals surface area contributed by atoms with Crippen LogP contribution in [-0.4, -0.2) is 87.4 Å². The van der Waals surface area contributed by atoms with Crippen LogP contribution in [0, 0.1) is 0 Å². The third-order valence-corrected chi connectivity index (χ3v) is 15.7. The number of nitrogens with zero attached hydrogens (tertiary/aromatic N) is 1. The molecule has 0 aromatic rings. The number of carboxylic acids is 1. The maximum Gasteiger partial charge on any atom is 0.361 e. The molecule has 2 atom stereocenters. The molecule has 0 aliphatic rings. The Bertz CT molecular complexity index is 1340. The van der Waals surface area contributed by atoms with Crippen molar-refractivity contribution in [3.63, 3.8) is 0 Å². The number of unbranched alkanes of at least 4 members (excludes halogenated alkanes) is 46. The molecule has 0 radical (unpaired) electrons. The lowest BCUT2D eigenvalue weighted by Crippen LogP contribution is -2.40. The van der Waals surface area contributed by atoms with Gasteiger partial charge in [-0.1, -0.05) is 314 Å². The highest BCUT2D eigenvalue weighted by atomic mass is 16.7. The maximum absolute atomic E-state index is 12.9. The van der Waals surface area contributed by atoms with Gasteiger partial charge in [0, 0.05) is 12.8 Å². The Labute approximate surface area is 490 Å². The first-order chi connectivity index (χ1) is 38.6. The van der Waals surface area contributed by atoms with Gasteiger partial charge in [0.15, 0.2) is 6.10 Å². The highest BCUT2D eigenvalue weighted by Crippen LogP contribution is 2.19. The normalized spacial score (nSPS) is 12.8. The summed E-state index contributed by atoms with van der Waals surface area (Å²) in [6, 6.07) is 0. The fourth-order valence-corrected chi connectivity index (χ4v) is 10.4. The van der Waals surface area contributed by atoms with Crippen LogP contribution in [0.2, 0.25) is 0 Å². The number of hydrogen-bond donors (Lipinski definition) is 1. The molecule has 0 aromatic carbocycles. The van der Waals surface area contributed by atoms with E-state index in [-0.39, 0.29) is 38.2 Å². The number of quaternary nitrogens is 1. The molecule has 0 spiro atoms. The number of hydrogen-bond acceptors (Lipinski definition) is 7. The monoisotopic (exact) mass is 1120 g/mol. The molecule has 0 saturated carbocycles. The number of ether oxygens (including phenoxy) is 4. The first-order valence-electron chi connectivity index (χ1n) is 34.5. The van der Waals surface area contributed by atoms with Crippen LogP contribution in [0.4, 0.5) is 0 Å². The molecular formula is C70H134NO8+. The molecule has 0 aliphatic heterocycles. The van der Waals surface area contributed by atoms with Crippen molar-refractivity contribution >= 4 is 17.9 Å². The first kappa shape index (κ1) is 76.8. The molecule has 466 valence electrons. The second-order valence-corrected chi connectivity index (χ2v) is 24.8. The summed E-state index contributed by atoms with van der Waals surface area (Å²) in [5.74, 6) is -1.98. The Morgan fingerprint density at radius 2 is 0.684 bits per heavy atom. The molecule has 0 aliphatic carbocycles. The minimum Gasteiger partial charge on any atom is -0.477 e. The van der Waals surface area contributed by atoms with Gasteiger partial charge < -0.3 is 28.5 Å². The number of carboxylic acid groups (broad SMARTS) is 1. The lowest BCUT2D eigenvalue weighted by Gasteiger charge is -2.25. The molecule has 9 heteroatoms. The fourth-order valence-electron chi connectivity index (χ4n) is 10.4. The van der Waals surface area contributed by atoms with Crippen LogP contribution < -0.4 is 0 Å². The molecule has 2 unspecified atom stereocenters. The SMILES string of the molecule is CCCCCCC/C=C\C/C=C\CCCCCCCCCCCCCCCCCC(=O)OC(COC(=O)CCCCCCCCCCCCCCCCCCCCCCCCCCCCC)COC(OCC[N+](C)(C)C)C(=O)O. The van der Waals surface area contributed by atoms with Crippen molar-refractivity contribution in [2.24, 2.45) is 0 Å². The predicted molar refractivity (Wildman–Crippen MR) is 337 cm³/mol. The molecule has 0 heterocycles. The van der Waals surface area contributed by atoms with Gasteiger partial charge in [-0.05, 0) is 44.9 Å². The zero-order valence-corrected chi connectivity index (χ0v) is 53.3. The number of carbonyl (C=O) groups is 3. The summed E-state index contributed by atoms with van der Waals surface area (Å²) < 4.78 is 23.0. The molecule has 1 N–H and O–H groups in total. The van der Waals surface area contributed by atoms with E-state index in [4.69, 9.17) is 18.9 Å². The molecule has 79 heavy (non-hydrogen) atoms. The van der Waals surface area contributed by atoms with Crippen LogP contribution in [0.5, 0.6) is 0 Å². The summed E-state index contributed by atoms with van der Waals surface area (Å²) in [5.41, 5.74) is 0. The maximum atomic E-state index is 12.9. The predicted octanol–water partition coefficient (Wildman–Crippen LogP) is 21.0. The highest BCUT2D eigenvalue weighted by molar-refractivity contribution is 5.71. The topological polar surface area (TPSA) is 108 Å². The van der Waals surface area contributed by atoms with Gasteiger partial charge in [-0.15, -0.1) is 0 Å². The van der Waals surface area contributed by atoms with Crippen LogP contribution in [0.25, 0.3) is 0 Å². The van der Waals surface area contributed by atoms with Crippen LogP contribution in [0.1, 0.15) is 348 Å². The third-order valence-electron chi connectivity index (χ3n) is 15.7. The standard InChI is InChI=1S/C70H133NO8/c1-6-8-10-12-14-16-18-20-22-24-26-28-30-32-34-36-38-40-42-44-46-48-50-52-54-56-58-60-67(72)77-64-66(65-78-70(69(74)75)76-63-62-71(3,4)5)79-68(73)61-59-57-55-53-51-49-47-45-43-41-39-37-35-33-31-29-27-25-23-21-19-17-15-13-11-9-7-2/h19,21,25,27,66,70H,6-18,20,22-24,26,28-65H2,1-5H3/p+1/b21-19-,27-25-. The van der Waals surface area contributed by atoms with Crippen molar-refractivity contribution in [1.82, 2.24) is 0 Å². The summed E-state index contributed by atoms with van der Waals surface area (Å²) in [4.78, 5) is 37.6. The summed E-state index contributed by atoms with van der Waals surface area (Å²) in [6.07, 6.45) is 72.9. The van der Waals surface area contributed by atoms with Crippen molar-refractivity contribution in [1.29, 1.82) is 0 Å². The van der Waals surface area contributed by atoms with Crippen molar-refractivity contribution in [3.8, 4) is 0 Å². The van der Waals surface area contributed by atoms with E-state index in [0.717, 1.165) is 44.9 Å². The largest absolute Gasteiger partial charge is 0.477 e. The van der Waals surface area contributed by atoms with Crippen LogP contribution >= 0.6 is 0 Å². The number of rotatable bonds is 65. The zero-order chi connectivity index (χ0) is 57.6. The number of aliphatic carboxylic acids is 1. The van der Waals surface area contributed by atoms with E-state index in [0.29, 0.717) is 17.4 Å². The highest BCUT2D eigenvalue weighted by Gasteiger charge is 2.25. The Kier molecular flexibility index (Phi) is 60.1. The third kappa shape index (κ3) is 63.2. The second kappa shape index (κ2) is 61.8. The minimum atomic E-state index is -1.51. The van der Waals surface area contributed by atoms with Crippen LogP contribution in [0.15, 0.2) is 24.3 Å². The van der Waals surface area contributed by atoms with E-state index < -0.39 is 18.4 Å². The van der Waals surface area contributed by atoms with Gasteiger partial charge in [0.25, 0.3) is 6.29 Å². The minimum absolute atomic E-state index is 0.175. The molecular weight excluding hydrogens is 983 g/mol. The number of likely N-dealkylation sites (N-methyl/N-ethyl adjacent to an activating group) is 1. The summed E-state index contributed by atoms with van der Waals surface area (Å²) in [5, 5.41) is 9.74. The van der Waals surface area contributed by atoms with Gasteiger partial charge in [-0.2, -0.15) is 0 Å². The fraction of sp³-hybridized carbons (Fsp3) is 0.900. The van der Waals surface area contributed by atoms with E-state index >= 15 is 0 Å². The lowest BCUT2D eigenvalue weighted by atomic mass is 10.0. The average Bonchev–Trinajstić information content (AvgIpc) is 3.42. The molecule has 0 aromatic heterocycles. The Morgan fingerprint density at radius 3 is 1.00 bits per heavy atom. The van der Waals surface area contributed by atoms with Gasteiger partial charge in [-0.25, -0.2) is 4.79 Å². The van der Waals surface area contributed by atoms with Crippen molar-refractivity contribution in [2.75, 3.05) is 47.5 Å². The summed E-state index contributed by atoms with van der Waals surface area (Å²) >= 11 is 0. The van der Waals surface area contributed by atoms with Crippen LogP contribution in [-0.2, 0) is 33.3 Å². The molecule has 0 amide bonds. The quantitative estimate of drug-likeness (QED) is 0.0211. The van der Waals surface area contributed by atoms with E-state index in [2.05, 4.69) is 38.2 Å². The first-order valence-corrected chi connectivity index (χ1v) is 34.5. The number of carbonyl (C=O) groups excluding carboxylic acids is 2. The number of esters is 2. The van der Waals surface area contributed by atoms with Crippen molar-refractivity contribution in [2.45, 2.75) is 360 Å². The average molecular weight is 1120 g/mol.